The zero-order valence-electron chi connectivity index (χ0n) is 16.5. The molecule has 0 bridgehead atoms. The van der Waals surface area contributed by atoms with E-state index in [2.05, 4.69) is 27.2 Å². The second kappa shape index (κ2) is 8.61. The number of ether oxygens (including phenoxy) is 1. The summed E-state index contributed by atoms with van der Waals surface area (Å²) in [5.74, 6) is 1.43. The fraction of sp³-hybridized carbons (Fsp3) is 0.682. The van der Waals surface area contributed by atoms with Crippen LogP contribution in [0.15, 0.2) is 24.3 Å². The molecule has 1 unspecified atom stereocenters. The van der Waals surface area contributed by atoms with Crippen LogP contribution in [0.3, 0.4) is 0 Å². The van der Waals surface area contributed by atoms with Crippen LogP contribution in [0.2, 0.25) is 0 Å². The fourth-order valence-corrected chi connectivity index (χ4v) is 4.53. The van der Waals surface area contributed by atoms with Crippen molar-refractivity contribution in [3.05, 3.63) is 29.8 Å². The average molecular weight is 372 g/mol. The summed E-state index contributed by atoms with van der Waals surface area (Å²) >= 11 is 0. The van der Waals surface area contributed by atoms with Crippen molar-refractivity contribution in [1.82, 2.24) is 15.1 Å². The first-order valence-electron chi connectivity index (χ1n) is 10.6. The van der Waals surface area contributed by atoms with Crippen molar-refractivity contribution in [2.24, 2.45) is 5.92 Å². The highest BCUT2D eigenvalue weighted by atomic mass is 16.5. The molecule has 0 radical (unpaired) electrons. The summed E-state index contributed by atoms with van der Waals surface area (Å²) in [5, 5.41) is 3.21. The highest BCUT2D eigenvalue weighted by molar-refractivity contribution is 5.79. The highest BCUT2D eigenvalue weighted by Crippen LogP contribution is 2.26. The lowest BCUT2D eigenvalue weighted by Crippen LogP contribution is -2.50. The Morgan fingerprint density at radius 1 is 1.07 bits per heavy atom. The topological polar surface area (TPSA) is 44.8 Å². The van der Waals surface area contributed by atoms with Crippen LogP contribution >= 0.6 is 0 Å². The molecule has 1 aromatic carbocycles. The van der Waals surface area contributed by atoms with E-state index in [0.29, 0.717) is 18.0 Å². The number of carbonyl (C=O) groups is 1. The summed E-state index contributed by atoms with van der Waals surface area (Å²) in [7, 11) is 1.71. The van der Waals surface area contributed by atoms with Gasteiger partial charge in [-0.2, -0.15) is 0 Å². The molecule has 0 spiro atoms. The molecule has 1 atom stereocenters. The van der Waals surface area contributed by atoms with Crippen LogP contribution in [0.4, 0.5) is 0 Å². The number of piperidine rings is 2. The Morgan fingerprint density at radius 2 is 1.81 bits per heavy atom. The number of methoxy groups -OCH3 is 1. The quantitative estimate of drug-likeness (QED) is 0.835. The van der Waals surface area contributed by atoms with Gasteiger partial charge in [0.05, 0.1) is 13.0 Å². The van der Waals surface area contributed by atoms with Gasteiger partial charge < -0.3 is 10.1 Å². The van der Waals surface area contributed by atoms with Crippen molar-refractivity contribution in [1.29, 1.82) is 0 Å². The second-order valence-electron chi connectivity index (χ2n) is 8.47. The smallest absolute Gasteiger partial charge is 0.224 e. The fourth-order valence-electron chi connectivity index (χ4n) is 4.53. The molecule has 1 amide bonds. The van der Waals surface area contributed by atoms with E-state index in [0.717, 1.165) is 51.3 Å². The number of carbonyl (C=O) groups excluding carboxylic acids is 1. The standard InChI is InChI=1S/C22H33N3O2/c1-27-21-8-4-17(5-9-21)15-24-13-10-20(11-14-24)25-12-2-3-18(16-25)22(26)23-19-6-7-19/h4-5,8-9,18-20H,2-3,6-7,10-16H2,1H3,(H,23,26). The van der Waals surface area contributed by atoms with E-state index in [4.69, 9.17) is 4.74 Å². The van der Waals surface area contributed by atoms with E-state index in [1.807, 2.05) is 12.1 Å². The van der Waals surface area contributed by atoms with Crippen LogP contribution in [0, 0.1) is 5.92 Å². The van der Waals surface area contributed by atoms with Gasteiger partial charge in [0.1, 0.15) is 5.75 Å². The van der Waals surface area contributed by atoms with E-state index in [9.17, 15) is 4.79 Å². The first-order valence-corrected chi connectivity index (χ1v) is 10.6. The van der Waals surface area contributed by atoms with Gasteiger partial charge in [0.2, 0.25) is 5.91 Å². The highest BCUT2D eigenvalue weighted by Gasteiger charge is 2.33. The van der Waals surface area contributed by atoms with Crippen LogP contribution in [0.25, 0.3) is 0 Å². The van der Waals surface area contributed by atoms with Crippen molar-refractivity contribution in [3.8, 4) is 5.75 Å². The maximum absolute atomic E-state index is 12.4. The molecule has 3 fully saturated rings. The third-order valence-electron chi connectivity index (χ3n) is 6.39. The van der Waals surface area contributed by atoms with E-state index in [-0.39, 0.29) is 5.92 Å². The summed E-state index contributed by atoms with van der Waals surface area (Å²) in [6, 6.07) is 9.55. The number of benzene rings is 1. The lowest BCUT2D eigenvalue weighted by Gasteiger charge is -2.42. The number of amides is 1. The zero-order valence-corrected chi connectivity index (χ0v) is 16.5. The number of hydrogen-bond acceptors (Lipinski definition) is 4. The molecule has 148 valence electrons. The van der Waals surface area contributed by atoms with Gasteiger partial charge in [-0.15, -0.1) is 0 Å². The van der Waals surface area contributed by atoms with Gasteiger partial charge in [0, 0.05) is 25.2 Å². The summed E-state index contributed by atoms with van der Waals surface area (Å²) < 4.78 is 5.24. The Kier molecular flexibility index (Phi) is 5.98. The molecule has 27 heavy (non-hydrogen) atoms. The Bertz CT molecular complexity index is 621. The van der Waals surface area contributed by atoms with Gasteiger partial charge in [-0.3, -0.25) is 14.6 Å². The summed E-state index contributed by atoms with van der Waals surface area (Å²) in [5.41, 5.74) is 1.35. The van der Waals surface area contributed by atoms with Crippen molar-refractivity contribution in [2.45, 2.75) is 57.2 Å². The lowest BCUT2D eigenvalue weighted by atomic mass is 9.93. The Balaban J connectivity index is 1.23. The van der Waals surface area contributed by atoms with Crippen LogP contribution in [0.5, 0.6) is 5.75 Å². The van der Waals surface area contributed by atoms with Crippen LogP contribution < -0.4 is 10.1 Å². The molecule has 1 saturated carbocycles. The predicted octanol–water partition coefficient (Wildman–Crippen LogP) is 2.65. The number of likely N-dealkylation sites (tertiary alicyclic amines) is 2. The second-order valence-corrected chi connectivity index (χ2v) is 8.47. The van der Waals surface area contributed by atoms with Crippen LogP contribution in [-0.2, 0) is 11.3 Å². The molecule has 5 heteroatoms. The molecular weight excluding hydrogens is 338 g/mol. The molecule has 0 aromatic heterocycles. The maximum atomic E-state index is 12.4. The molecule has 1 N–H and O–H groups in total. The molecular formula is C22H33N3O2. The van der Waals surface area contributed by atoms with Crippen LogP contribution in [0.1, 0.15) is 44.1 Å². The Hall–Kier alpha value is -1.59. The summed E-state index contributed by atoms with van der Waals surface area (Å²) in [6.07, 6.45) is 7.00. The minimum absolute atomic E-state index is 0.205. The summed E-state index contributed by atoms with van der Waals surface area (Å²) in [4.78, 5) is 17.6. The van der Waals surface area contributed by atoms with Gasteiger partial charge in [0.15, 0.2) is 0 Å². The zero-order chi connectivity index (χ0) is 18.6. The monoisotopic (exact) mass is 371 g/mol. The van der Waals surface area contributed by atoms with Crippen molar-refractivity contribution in [3.63, 3.8) is 0 Å². The van der Waals surface area contributed by atoms with Gasteiger partial charge >= 0.3 is 0 Å². The van der Waals surface area contributed by atoms with E-state index in [1.165, 1.54) is 31.2 Å². The maximum Gasteiger partial charge on any atom is 0.224 e. The first-order chi connectivity index (χ1) is 13.2. The van der Waals surface area contributed by atoms with Gasteiger partial charge in [-0.05, 0) is 75.9 Å². The third kappa shape index (κ3) is 5.02. The number of nitrogens with zero attached hydrogens (tertiary/aromatic N) is 2. The molecule has 2 heterocycles. The van der Waals surface area contributed by atoms with E-state index in [1.54, 1.807) is 7.11 Å². The van der Waals surface area contributed by atoms with Crippen LogP contribution in [-0.4, -0.2) is 61.1 Å². The summed E-state index contributed by atoms with van der Waals surface area (Å²) in [6.45, 7) is 5.43. The van der Waals surface area contributed by atoms with Gasteiger partial charge in [-0.25, -0.2) is 0 Å². The van der Waals surface area contributed by atoms with Gasteiger partial charge in [-0.1, -0.05) is 12.1 Å². The molecule has 5 nitrogen and oxygen atoms in total. The molecule has 2 aliphatic heterocycles. The van der Waals surface area contributed by atoms with Crippen molar-refractivity contribution < 1.29 is 9.53 Å². The minimum atomic E-state index is 0.205. The molecule has 4 rings (SSSR count). The Morgan fingerprint density at radius 3 is 2.48 bits per heavy atom. The van der Waals surface area contributed by atoms with Gasteiger partial charge in [0.25, 0.3) is 0 Å². The molecule has 1 aromatic rings. The van der Waals surface area contributed by atoms with Crippen molar-refractivity contribution >= 4 is 5.91 Å². The van der Waals surface area contributed by atoms with E-state index >= 15 is 0 Å². The molecule has 3 aliphatic rings. The number of nitrogens with one attached hydrogen (secondary N) is 1. The number of hydrogen-bond donors (Lipinski definition) is 1. The Labute approximate surface area is 163 Å². The van der Waals surface area contributed by atoms with E-state index < -0.39 is 0 Å². The SMILES string of the molecule is COc1ccc(CN2CCC(N3CCCC(C(=O)NC4CC4)C3)CC2)cc1. The molecule has 1 aliphatic carbocycles. The number of rotatable bonds is 6. The lowest BCUT2D eigenvalue weighted by molar-refractivity contribution is -0.127. The molecule has 2 saturated heterocycles. The van der Waals surface area contributed by atoms with Crippen molar-refractivity contribution in [2.75, 3.05) is 33.3 Å². The predicted molar refractivity (Wildman–Crippen MR) is 107 cm³/mol. The first kappa shape index (κ1) is 18.8. The largest absolute Gasteiger partial charge is 0.497 e. The average Bonchev–Trinajstić information content (AvgIpc) is 3.53. The minimum Gasteiger partial charge on any atom is -0.497 e. The normalized spacial score (nSPS) is 25.3. The third-order valence-corrected chi connectivity index (χ3v) is 6.39.